The first kappa shape index (κ1) is 10.7. The lowest BCUT2D eigenvalue weighted by atomic mass is 10.1. The highest BCUT2D eigenvalue weighted by Gasteiger charge is 2.04. The van der Waals surface area contributed by atoms with Gasteiger partial charge in [-0.1, -0.05) is 0 Å². The molecule has 0 unspecified atom stereocenters. The molecule has 14 heavy (non-hydrogen) atoms. The van der Waals surface area contributed by atoms with Crippen LogP contribution in [0.2, 0.25) is 0 Å². The Balaban J connectivity index is 3.00. The van der Waals surface area contributed by atoms with Crippen molar-refractivity contribution in [2.45, 2.75) is 20.8 Å². The third kappa shape index (κ3) is 2.10. The lowest BCUT2D eigenvalue weighted by molar-refractivity contribution is 0.865. The predicted octanol–water partition coefficient (Wildman–Crippen LogP) is 3.24. The van der Waals surface area contributed by atoms with E-state index in [1.165, 1.54) is 0 Å². The second-order valence-corrected chi connectivity index (χ2v) is 3.23. The summed E-state index contributed by atoms with van der Waals surface area (Å²) in [6.45, 7) is 8.09. The SMILES string of the molecule is CCN(CC)c1ccc(N=O)c(C)c1. The van der Waals surface area contributed by atoms with Crippen molar-refractivity contribution in [1.82, 2.24) is 0 Å². The summed E-state index contributed by atoms with van der Waals surface area (Å²) in [6, 6.07) is 5.72. The molecule has 1 rings (SSSR count). The summed E-state index contributed by atoms with van der Waals surface area (Å²) in [5.41, 5.74) is 2.62. The Hall–Kier alpha value is -1.38. The number of rotatable bonds is 4. The Morgan fingerprint density at radius 2 is 1.93 bits per heavy atom. The summed E-state index contributed by atoms with van der Waals surface area (Å²) in [7, 11) is 0. The molecular formula is C11H16N2O. The minimum atomic E-state index is 0.529. The van der Waals surface area contributed by atoms with Crippen LogP contribution in [0.4, 0.5) is 11.4 Å². The zero-order chi connectivity index (χ0) is 10.6. The molecule has 76 valence electrons. The molecule has 1 aromatic carbocycles. The smallest absolute Gasteiger partial charge is 0.111 e. The second-order valence-electron chi connectivity index (χ2n) is 3.23. The Kier molecular flexibility index (Phi) is 3.63. The summed E-state index contributed by atoms with van der Waals surface area (Å²) in [5, 5.41) is 2.95. The molecule has 3 nitrogen and oxygen atoms in total. The zero-order valence-corrected chi connectivity index (χ0v) is 8.95. The maximum Gasteiger partial charge on any atom is 0.111 e. The van der Waals surface area contributed by atoms with Gasteiger partial charge in [0.15, 0.2) is 0 Å². The van der Waals surface area contributed by atoms with E-state index in [0.717, 1.165) is 24.3 Å². The van der Waals surface area contributed by atoms with Crippen molar-refractivity contribution < 1.29 is 0 Å². The fraction of sp³-hybridized carbons (Fsp3) is 0.455. The van der Waals surface area contributed by atoms with Gasteiger partial charge in [-0.05, 0) is 49.7 Å². The van der Waals surface area contributed by atoms with Gasteiger partial charge in [0.1, 0.15) is 5.69 Å². The quantitative estimate of drug-likeness (QED) is 0.686. The van der Waals surface area contributed by atoms with Crippen molar-refractivity contribution in [3.63, 3.8) is 0 Å². The lowest BCUT2D eigenvalue weighted by Gasteiger charge is -2.21. The van der Waals surface area contributed by atoms with Gasteiger partial charge in [-0.15, -0.1) is 4.91 Å². The average molecular weight is 192 g/mol. The van der Waals surface area contributed by atoms with Gasteiger partial charge in [-0.3, -0.25) is 0 Å². The van der Waals surface area contributed by atoms with Crippen molar-refractivity contribution in [2.75, 3.05) is 18.0 Å². The van der Waals surface area contributed by atoms with Gasteiger partial charge in [0.25, 0.3) is 0 Å². The number of aryl methyl sites for hydroxylation is 1. The molecule has 0 aliphatic rings. The maximum atomic E-state index is 10.4. The maximum absolute atomic E-state index is 10.4. The van der Waals surface area contributed by atoms with E-state index in [-0.39, 0.29) is 0 Å². The third-order valence-electron chi connectivity index (χ3n) is 2.41. The topological polar surface area (TPSA) is 32.7 Å². The van der Waals surface area contributed by atoms with E-state index in [1.54, 1.807) is 6.07 Å². The fourth-order valence-corrected chi connectivity index (χ4v) is 1.53. The number of nitrogens with zero attached hydrogens (tertiary/aromatic N) is 2. The summed E-state index contributed by atoms with van der Waals surface area (Å²) in [5.74, 6) is 0. The number of benzene rings is 1. The second kappa shape index (κ2) is 4.74. The van der Waals surface area contributed by atoms with Crippen molar-refractivity contribution in [3.8, 4) is 0 Å². The fourth-order valence-electron chi connectivity index (χ4n) is 1.53. The summed E-state index contributed by atoms with van der Waals surface area (Å²) < 4.78 is 0. The molecule has 0 bridgehead atoms. The van der Waals surface area contributed by atoms with E-state index >= 15 is 0 Å². The highest BCUT2D eigenvalue weighted by atomic mass is 16.3. The van der Waals surface area contributed by atoms with Gasteiger partial charge in [-0.25, -0.2) is 0 Å². The van der Waals surface area contributed by atoms with Gasteiger partial charge in [0.2, 0.25) is 0 Å². The van der Waals surface area contributed by atoms with Crippen LogP contribution in [0.25, 0.3) is 0 Å². The van der Waals surface area contributed by atoms with E-state index in [1.807, 2.05) is 19.1 Å². The molecule has 0 aliphatic heterocycles. The van der Waals surface area contributed by atoms with Gasteiger partial charge in [-0.2, -0.15) is 0 Å². The molecule has 0 saturated carbocycles. The highest BCUT2D eigenvalue weighted by molar-refractivity contribution is 5.57. The van der Waals surface area contributed by atoms with Crippen LogP contribution in [-0.2, 0) is 0 Å². The van der Waals surface area contributed by atoms with Gasteiger partial charge in [0.05, 0.1) is 0 Å². The molecule has 0 aliphatic carbocycles. The standard InChI is InChI=1S/C11H16N2O/c1-4-13(5-2)10-6-7-11(12-14)9(3)8-10/h6-8H,4-5H2,1-3H3. The first-order valence-electron chi connectivity index (χ1n) is 4.91. The first-order chi connectivity index (χ1) is 6.72. The van der Waals surface area contributed by atoms with Gasteiger partial charge in [0, 0.05) is 18.8 Å². The Morgan fingerprint density at radius 3 is 2.36 bits per heavy atom. The van der Waals surface area contributed by atoms with E-state index < -0.39 is 0 Å². The molecule has 0 aromatic heterocycles. The van der Waals surface area contributed by atoms with Crippen LogP contribution in [0.1, 0.15) is 19.4 Å². The van der Waals surface area contributed by atoms with E-state index in [0.29, 0.717) is 5.69 Å². The molecule has 0 saturated heterocycles. The largest absolute Gasteiger partial charge is 0.372 e. The van der Waals surface area contributed by atoms with Crippen LogP contribution in [0.5, 0.6) is 0 Å². The first-order valence-corrected chi connectivity index (χ1v) is 4.91. The molecule has 1 aromatic rings. The summed E-state index contributed by atoms with van der Waals surface area (Å²) in [4.78, 5) is 12.6. The number of hydrogen-bond acceptors (Lipinski definition) is 3. The van der Waals surface area contributed by atoms with Crippen molar-refractivity contribution in [2.24, 2.45) is 5.18 Å². The number of nitroso groups, excluding NO2 is 1. The summed E-state index contributed by atoms with van der Waals surface area (Å²) >= 11 is 0. The zero-order valence-electron chi connectivity index (χ0n) is 8.95. The van der Waals surface area contributed by atoms with Crippen molar-refractivity contribution in [3.05, 3.63) is 28.7 Å². The minimum Gasteiger partial charge on any atom is -0.372 e. The van der Waals surface area contributed by atoms with Crippen molar-refractivity contribution >= 4 is 11.4 Å². The van der Waals surface area contributed by atoms with Crippen LogP contribution in [0.15, 0.2) is 23.4 Å². The number of anilines is 1. The molecule has 3 heteroatoms. The van der Waals surface area contributed by atoms with Gasteiger partial charge < -0.3 is 4.90 Å². The third-order valence-corrected chi connectivity index (χ3v) is 2.41. The molecular weight excluding hydrogens is 176 g/mol. The molecule has 0 spiro atoms. The number of hydrogen-bond donors (Lipinski definition) is 0. The molecule has 0 amide bonds. The highest BCUT2D eigenvalue weighted by Crippen LogP contribution is 2.24. The van der Waals surface area contributed by atoms with Crippen molar-refractivity contribution in [1.29, 1.82) is 0 Å². The molecule has 0 heterocycles. The lowest BCUT2D eigenvalue weighted by Crippen LogP contribution is -2.21. The van der Waals surface area contributed by atoms with Crippen LogP contribution in [0, 0.1) is 11.8 Å². The van der Waals surface area contributed by atoms with Crippen LogP contribution < -0.4 is 4.90 Å². The molecule has 0 fully saturated rings. The van der Waals surface area contributed by atoms with E-state index in [2.05, 4.69) is 23.9 Å². The van der Waals surface area contributed by atoms with Crippen LogP contribution >= 0.6 is 0 Å². The monoisotopic (exact) mass is 192 g/mol. The average Bonchev–Trinajstić information content (AvgIpc) is 2.20. The Morgan fingerprint density at radius 1 is 1.29 bits per heavy atom. The molecule has 0 radical (unpaired) electrons. The normalized spacial score (nSPS) is 9.93. The van der Waals surface area contributed by atoms with Crippen LogP contribution in [0.3, 0.4) is 0 Å². The Bertz CT molecular complexity index is 319. The minimum absolute atomic E-state index is 0.529. The van der Waals surface area contributed by atoms with E-state index in [9.17, 15) is 4.91 Å². The summed E-state index contributed by atoms with van der Waals surface area (Å²) in [6.07, 6.45) is 0. The van der Waals surface area contributed by atoms with Crippen LogP contribution in [-0.4, -0.2) is 13.1 Å². The van der Waals surface area contributed by atoms with E-state index in [4.69, 9.17) is 0 Å². The van der Waals surface area contributed by atoms with Gasteiger partial charge >= 0.3 is 0 Å². The predicted molar refractivity (Wildman–Crippen MR) is 60.2 cm³/mol. The molecule has 0 atom stereocenters. The Labute approximate surface area is 84.7 Å². The molecule has 0 N–H and O–H groups in total.